The second-order valence-electron chi connectivity index (χ2n) is 7.30. The summed E-state index contributed by atoms with van der Waals surface area (Å²) < 4.78 is 33.1. The number of ether oxygens (including phenoxy) is 1. The van der Waals surface area contributed by atoms with E-state index in [-0.39, 0.29) is 36.3 Å². The topological polar surface area (TPSA) is 92.8 Å². The van der Waals surface area contributed by atoms with Crippen LogP contribution in [0, 0.1) is 0 Å². The Hall–Kier alpha value is -2.42. The molecule has 2 aromatic rings. The molecule has 0 aromatic heterocycles. The molecule has 9 heteroatoms. The van der Waals surface area contributed by atoms with E-state index in [0.717, 1.165) is 6.42 Å². The van der Waals surface area contributed by atoms with Crippen molar-refractivity contribution in [3.8, 4) is 5.75 Å². The Kier molecular flexibility index (Phi) is 7.69. The van der Waals surface area contributed by atoms with Crippen LogP contribution in [-0.2, 0) is 14.8 Å². The van der Waals surface area contributed by atoms with Crippen molar-refractivity contribution in [2.45, 2.75) is 37.1 Å². The van der Waals surface area contributed by atoms with Gasteiger partial charge in [-0.3, -0.25) is 9.59 Å². The molecule has 0 spiro atoms. The molecule has 0 radical (unpaired) electrons. The van der Waals surface area contributed by atoms with Crippen LogP contribution in [0.4, 0.5) is 0 Å². The zero-order chi connectivity index (χ0) is 22.4. The number of carbonyl (C=O) groups is 2. The first-order chi connectivity index (χ1) is 14.8. The predicted octanol–water partition coefficient (Wildman–Crippen LogP) is 3.28. The Morgan fingerprint density at radius 1 is 1.16 bits per heavy atom. The van der Waals surface area contributed by atoms with E-state index in [1.165, 1.54) is 35.5 Å². The fourth-order valence-electron chi connectivity index (χ4n) is 3.47. The maximum absolute atomic E-state index is 13.2. The lowest BCUT2D eigenvalue weighted by Crippen LogP contribution is -2.52. The summed E-state index contributed by atoms with van der Waals surface area (Å²) >= 11 is 5.91. The number of nitrogens with one attached hydrogen (secondary N) is 1. The number of benzene rings is 2. The van der Waals surface area contributed by atoms with Crippen molar-refractivity contribution in [1.82, 2.24) is 9.62 Å². The van der Waals surface area contributed by atoms with Crippen molar-refractivity contribution in [2.24, 2.45) is 0 Å². The van der Waals surface area contributed by atoms with Gasteiger partial charge in [-0.2, -0.15) is 4.31 Å². The van der Waals surface area contributed by atoms with E-state index in [1.54, 1.807) is 24.3 Å². The first kappa shape index (κ1) is 23.2. The van der Waals surface area contributed by atoms with E-state index >= 15 is 0 Å². The first-order valence-corrected chi connectivity index (χ1v) is 11.9. The van der Waals surface area contributed by atoms with Crippen LogP contribution in [0.2, 0.25) is 5.02 Å². The standard InChI is InChI=1S/C22H25ClN2O5S/c1-16(26)17-8-10-20(11-9-17)31(28,29)25-13-3-2-7-21(25)22(27)24-12-14-30-19-6-4-5-18(23)15-19/h4-6,8-11,15,21H,2-3,7,12-14H2,1H3,(H,24,27). The molecule has 166 valence electrons. The van der Waals surface area contributed by atoms with Crippen LogP contribution in [0.5, 0.6) is 5.75 Å². The third-order valence-electron chi connectivity index (χ3n) is 5.09. The highest BCUT2D eigenvalue weighted by molar-refractivity contribution is 7.89. The van der Waals surface area contributed by atoms with Crippen LogP contribution in [0.3, 0.4) is 0 Å². The number of carbonyl (C=O) groups excluding carboxylic acids is 2. The molecule has 0 saturated carbocycles. The van der Waals surface area contributed by atoms with Gasteiger partial charge < -0.3 is 10.1 Å². The molecule has 7 nitrogen and oxygen atoms in total. The lowest BCUT2D eigenvalue weighted by Gasteiger charge is -2.33. The molecule has 1 atom stereocenters. The largest absolute Gasteiger partial charge is 0.492 e. The minimum Gasteiger partial charge on any atom is -0.492 e. The lowest BCUT2D eigenvalue weighted by atomic mass is 10.0. The number of ketones is 1. The average Bonchev–Trinajstić information content (AvgIpc) is 2.76. The van der Waals surface area contributed by atoms with Gasteiger partial charge in [-0.05, 0) is 50.1 Å². The first-order valence-electron chi connectivity index (χ1n) is 10.1. The Morgan fingerprint density at radius 3 is 2.58 bits per heavy atom. The zero-order valence-electron chi connectivity index (χ0n) is 17.2. The van der Waals surface area contributed by atoms with Gasteiger partial charge >= 0.3 is 0 Å². The summed E-state index contributed by atoms with van der Waals surface area (Å²) in [4.78, 5) is 24.3. The molecule has 2 aromatic carbocycles. The number of rotatable bonds is 8. The van der Waals surface area contributed by atoms with E-state index < -0.39 is 16.1 Å². The summed E-state index contributed by atoms with van der Waals surface area (Å²) in [5.74, 6) is 0.107. The molecule has 1 unspecified atom stereocenters. The van der Waals surface area contributed by atoms with Crippen molar-refractivity contribution in [3.63, 3.8) is 0 Å². The van der Waals surface area contributed by atoms with E-state index in [4.69, 9.17) is 16.3 Å². The van der Waals surface area contributed by atoms with E-state index in [9.17, 15) is 18.0 Å². The Bertz CT molecular complexity index is 1040. The number of nitrogens with zero attached hydrogens (tertiary/aromatic N) is 1. The van der Waals surface area contributed by atoms with Gasteiger partial charge in [0.05, 0.1) is 11.4 Å². The SMILES string of the molecule is CC(=O)c1ccc(S(=O)(=O)N2CCCCC2C(=O)NCCOc2cccc(Cl)c2)cc1. The zero-order valence-corrected chi connectivity index (χ0v) is 18.8. The van der Waals surface area contributed by atoms with Gasteiger partial charge in [0.15, 0.2) is 5.78 Å². The van der Waals surface area contributed by atoms with Crippen molar-refractivity contribution < 1.29 is 22.7 Å². The molecule has 1 aliphatic heterocycles. The number of halogens is 1. The van der Waals surface area contributed by atoms with Crippen molar-refractivity contribution in [2.75, 3.05) is 19.7 Å². The van der Waals surface area contributed by atoms with Crippen molar-refractivity contribution >= 4 is 33.3 Å². The number of amides is 1. The summed E-state index contributed by atoms with van der Waals surface area (Å²) in [6.07, 6.45) is 1.91. The Balaban J connectivity index is 1.63. The van der Waals surface area contributed by atoms with Crippen LogP contribution < -0.4 is 10.1 Å². The van der Waals surface area contributed by atoms with Crippen LogP contribution in [0.1, 0.15) is 36.5 Å². The summed E-state index contributed by atoms with van der Waals surface area (Å²) in [7, 11) is -3.86. The van der Waals surface area contributed by atoms with Gasteiger partial charge in [0.1, 0.15) is 18.4 Å². The number of piperidine rings is 1. The number of sulfonamides is 1. The van der Waals surface area contributed by atoms with E-state index in [2.05, 4.69) is 5.32 Å². The minimum atomic E-state index is -3.86. The third-order valence-corrected chi connectivity index (χ3v) is 7.25. The lowest BCUT2D eigenvalue weighted by molar-refractivity contribution is -0.125. The van der Waals surface area contributed by atoms with Gasteiger partial charge in [0.25, 0.3) is 0 Å². The van der Waals surface area contributed by atoms with Gasteiger partial charge in [-0.1, -0.05) is 36.2 Å². The Morgan fingerprint density at radius 2 is 1.90 bits per heavy atom. The molecule has 1 amide bonds. The second-order valence-corrected chi connectivity index (χ2v) is 9.63. The highest BCUT2D eigenvalue weighted by Crippen LogP contribution is 2.26. The summed E-state index contributed by atoms with van der Waals surface area (Å²) in [5, 5.41) is 3.32. The van der Waals surface area contributed by atoms with Gasteiger partial charge in [-0.15, -0.1) is 0 Å². The van der Waals surface area contributed by atoms with E-state index in [0.29, 0.717) is 29.2 Å². The molecular formula is C22H25ClN2O5S. The summed E-state index contributed by atoms with van der Waals surface area (Å²) in [6, 6.07) is 12.0. The summed E-state index contributed by atoms with van der Waals surface area (Å²) in [6.45, 7) is 2.17. The highest BCUT2D eigenvalue weighted by Gasteiger charge is 2.37. The Labute approximate surface area is 187 Å². The second kappa shape index (κ2) is 10.3. The molecular weight excluding hydrogens is 440 g/mol. The van der Waals surface area contributed by atoms with Gasteiger partial charge in [0, 0.05) is 17.1 Å². The fraction of sp³-hybridized carbons (Fsp3) is 0.364. The smallest absolute Gasteiger partial charge is 0.243 e. The monoisotopic (exact) mass is 464 g/mol. The molecule has 1 fully saturated rings. The molecule has 1 N–H and O–H groups in total. The molecule has 1 aliphatic rings. The van der Waals surface area contributed by atoms with Crippen LogP contribution in [0.15, 0.2) is 53.4 Å². The van der Waals surface area contributed by atoms with Gasteiger partial charge in [-0.25, -0.2) is 8.42 Å². The maximum atomic E-state index is 13.2. The van der Waals surface area contributed by atoms with Crippen molar-refractivity contribution in [1.29, 1.82) is 0 Å². The third kappa shape index (κ3) is 5.84. The number of Topliss-reactive ketones (excluding diaryl/α,β-unsaturated/α-hetero) is 1. The van der Waals surface area contributed by atoms with Crippen LogP contribution >= 0.6 is 11.6 Å². The van der Waals surface area contributed by atoms with E-state index in [1.807, 2.05) is 0 Å². The molecule has 31 heavy (non-hydrogen) atoms. The maximum Gasteiger partial charge on any atom is 0.243 e. The normalized spacial score (nSPS) is 17.2. The highest BCUT2D eigenvalue weighted by atomic mass is 35.5. The number of hydrogen-bond donors (Lipinski definition) is 1. The summed E-state index contributed by atoms with van der Waals surface area (Å²) in [5.41, 5.74) is 0.437. The molecule has 3 rings (SSSR count). The molecule has 1 saturated heterocycles. The molecule has 1 heterocycles. The number of hydrogen-bond acceptors (Lipinski definition) is 5. The molecule has 0 aliphatic carbocycles. The predicted molar refractivity (Wildman–Crippen MR) is 118 cm³/mol. The molecule has 0 bridgehead atoms. The van der Waals surface area contributed by atoms with Crippen LogP contribution in [-0.4, -0.2) is 50.2 Å². The van der Waals surface area contributed by atoms with Crippen molar-refractivity contribution in [3.05, 3.63) is 59.1 Å². The van der Waals surface area contributed by atoms with Gasteiger partial charge in [0.2, 0.25) is 15.9 Å². The fourth-order valence-corrected chi connectivity index (χ4v) is 5.31. The average molecular weight is 465 g/mol. The quantitative estimate of drug-likeness (QED) is 0.478. The van der Waals surface area contributed by atoms with Crippen LogP contribution in [0.25, 0.3) is 0 Å². The minimum absolute atomic E-state index is 0.0708.